The van der Waals surface area contributed by atoms with Gasteiger partial charge in [0, 0.05) is 5.92 Å². The van der Waals surface area contributed by atoms with Crippen molar-refractivity contribution < 1.29 is 44.4 Å². The van der Waals surface area contributed by atoms with E-state index in [0.29, 0.717) is 0 Å². The second-order valence-corrected chi connectivity index (χ2v) is 9.37. The Morgan fingerprint density at radius 2 is 1.67 bits per heavy atom. The number of carbonyl (C=O) groups is 5. The van der Waals surface area contributed by atoms with Crippen molar-refractivity contribution >= 4 is 29.0 Å². The van der Waals surface area contributed by atoms with Crippen molar-refractivity contribution in [3.05, 3.63) is 29.3 Å². The van der Waals surface area contributed by atoms with E-state index in [1.54, 1.807) is 0 Å². The number of aliphatic hydroxyl groups is 3. The van der Waals surface area contributed by atoms with Gasteiger partial charge < -0.3 is 26.2 Å². The number of aliphatic hydroxyl groups excluding tert-OH is 1. The molecule has 176 valence electrons. The molecule has 4 rings (SSSR count). The lowest BCUT2D eigenvalue weighted by molar-refractivity contribution is -0.210. The van der Waals surface area contributed by atoms with Crippen LogP contribution in [0.25, 0.3) is 0 Å². The number of nitrogens with zero attached hydrogens (tertiary/aromatic N) is 1. The Labute approximate surface area is 187 Å². The number of likely N-dealkylation sites (N-methyl/N-ethyl adjacent to an activating group) is 1. The first-order valence-electron chi connectivity index (χ1n) is 10.3. The molecule has 0 spiro atoms. The van der Waals surface area contributed by atoms with E-state index in [4.69, 9.17) is 5.73 Å². The van der Waals surface area contributed by atoms with Crippen LogP contribution in [0.4, 0.5) is 0 Å². The highest BCUT2D eigenvalue weighted by molar-refractivity contribution is 6.32. The highest BCUT2D eigenvalue weighted by atomic mass is 16.3. The zero-order valence-corrected chi connectivity index (χ0v) is 18.1. The maximum atomic E-state index is 13.7. The van der Waals surface area contributed by atoms with Crippen molar-refractivity contribution in [2.24, 2.45) is 29.4 Å². The Kier molecular flexibility index (Phi) is 4.92. The van der Waals surface area contributed by atoms with Crippen LogP contribution in [0.1, 0.15) is 22.8 Å². The molecule has 0 aliphatic heterocycles. The summed E-state index contributed by atoms with van der Waals surface area (Å²) < 4.78 is 0. The number of amides is 1. The van der Waals surface area contributed by atoms with Gasteiger partial charge in [0.1, 0.15) is 5.75 Å². The molecule has 0 aromatic heterocycles. The second-order valence-electron chi connectivity index (χ2n) is 9.37. The summed E-state index contributed by atoms with van der Waals surface area (Å²) in [4.78, 5) is 66.4. The summed E-state index contributed by atoms with van der Waals surface area (Å²) >= 11 is 0. The SMILES string of the molecule is CN(C)[C@@H]1C(=O)C(C(N)=O)C(=O)[C@@]2(O)C(=O)C3C(=O)c4c(O)cccc4[C@@](C)(O)[C@H]3[C@H](O)[C@@H]12. The number of aromatic hydroxyl groups is 1. The minimum Gasteiger partial charge on any atom is -0.507 e. The van der Waals surface area contributed by atoms with Gasteiger partial charge in [0.25, 0.3) is 0 Å². The van der Waals surface area contributed by atoms with Crippen molar-refractivity contribution in [3.8, 4) is 5.75 Å². The number of Topliss-reactive ketones (excluding diaryl/α,β-unsaturated/α-hetero) is 4. The van der Waals surface area contributed by atoms with Crippen LogP contribution in [0.5, 0.6) is 5.75 Å². The number of ketones is 4. The van der Waals surface area contributed by atoms with E-state index in [2.05, 4.69) is 0 Å². The summed E-state index contributed by atoms with van der Waals surface area (Å²) in [6.45, 7) is 1.24. The largest absolute Gasteiger partial charge is 0.507 e. The first kappa shape index (κ1) is 23.2. The van der Waals surface area contributed by atoms with Crippen molar-refractivity contribution in [2.75, 3.05) is 14.1 Å². The minimum atomic E-state index is -3.10. The van der Waals surface area contributed by atoms with Crippen LogP contribution in [0.2, 0.25) is 0 Å². The molecule has 3 aliphatic rings. The highest BCUT2D eigenvalue weighted by Gasteiger charge is 2.74. The van der Waals surface area contributed by atoms with Gasteiger partial charge in [0.05, 0.1) is 35.1 Å². The number of primary amides is 1. The van der Waals surface area contributed by atoms with E-state index in [1.807, 2.05) is 0 Å². The van der Waals surface area contributed by atoms with E-state index < -0.39 is 81.8 Å². The fourth-order valence-electron chi connectivity index (χ4n) is 5.97. The standard InChI is InChI=1S/C22H24N2O9/c1-21(32)7-5-4-6-8(25)9(7)15(26)10-12(21)17(28)13-14(24(2)3)16(27)11(20(23)31)19(30)22(13,33)18(10)29/h4-6,10-14,17,25,28,32-33H,1-3H3,(H2,23,31)/t10?,11?,12-,13-,14+,17+,21-,22+/m1/s1. The smallest absolute Gasteiger partial charge is 0.235 e. The topological polar surface area (TPSA) is 196 Å². The minimum absolute atomic E-state index is 0.0454. The Hall–Kier alpha value is -2.99. The number of benzene rings is 1. The number of nitrogens with two attached hydrogens (primary N) is 1. The summed E-state index contributed by atoms with van der Waals surface area (Å²) in [7, 11) is 2.77. The van der Waals surface area contributed by atoms with Gasteiger partial charge in [-0.1, -0.05) is 12.1 Å². The molecule has 8 atom stereocenters. The van der Waals surface area contributed by atoms with Gasteiger partial charge in [-0.25, -0.2) is 0 Å². The maximum Gasteiger partial charge on any atom is 0.235 e. The summed E-state index contributed by atoms with van der Waals surface area (Å²) in [6.07, 6.45) is -1.90. The van der Waals surface area contributed by atoms with Gasteiger partial charge >= 0.3 is 0 Å². The van der Waals surface area contributed by atoms with Gasteiger partial charge in [0.15, 0.2) is 34.7 Å². The fraction of sp³-hybridized carbons (Fsp3) is 0.500. The molecule has 0 bridgehead atoms. The molecule has 0 radical (unpaired) electrons. The molecule has 33 heavy (non-hydrogen) atoms. The van der Waals surface area contributed by atoms with Crippen LogP contribution in [0, 0.1) is 23.7 Å². The van der Waals surface area contributed by atoms with E-state index in [-0.39, 0.29) is 11.1 Å². The van der Waals surface area contributed by atoms with E-state index >= 15 is 0 Å². The van der Waals surface area contributed by atoms with Crippen LogP contribution in [-0.4, -0.2) is 86.2 Å². The number of carbonyl (C=O) groups excluding carboxylic acids is 5. The molecule has 2 unspecified atom stereocenters. The van der Waals surface area contributed by atoms with Gasteiger partial charge in [-0.15, -0.1) is 0 Å². The zero-order valence-electron chi connectivity index (χ0n) is 18.1. The number of rotatable bonds is 2. The lowest BCUT2D eigenvalue weighted by Gasteiger charge is -2.57. The number of hydrogen-bond acceptors (Lipinski definition) is 10. The molecule has 2 fully saturated rings. The normalized spacial score (nSPS) is 40.3. The van der Waals surface area contributed by atoms with Crippen LogP contribution in [0.3, 0.4) is 0 Å². The second kappa shape index (κ2) is 7.00. The molecule has 1 amide bonds. The summed E-state index contributed by atoms with van der Waals surface area (Å²) in [6, 6.07) is 2.40. The molecule has 11 nitrogen and oxygen atoms in total. The average Bonchev–Trinajstić information content (AvgIpc) is 2.70. The Morgan fingerprint density at radius 1 is 1.06 bits per heavy atom. The first-order chi connectivity index (χ1) is 15.2. The molecule has 1 aromatic carbocycles. The fourth-order valence-corrected chi connectivity index (χ4v) is 5.97. The molecule has 0 saturated heterocycles. The molecular formula is C22H24N2O9. The Bertz CT molecular complexity index is 1130. The zero-order chi connectivity index (χ0) is 24.8. The quantitative estimate of drug-likeness (QED) is 0.294. The number of fused-ring (bicyclic) bond motifs is 3. The van der Waals surface area contributed by atoms with E-state index in [1.165, 1.54) is 44.1 Å². The van der Waals surface area contributed by atoms with Crippen molar-refractivity contribution in [3.63, 3.8) is 0 Å². The lowest BCUT2D eigenvalue weighted by Crippen LogP contribution is -2.78. The van der Waals surface area contributed by atoms with Crippen molar-refractivity contribution in [1.82, 2.24) is 4.90 Å². The van der Waals surface area contributed by atoms with Crippen LogP contribution >= 0.6 is 0 Å². The van der Waals surface area contributed by atoms with Crippen molar-refractivity contribution in [1.29, 1.82) is 0 Å². The lowest BCUT2D eigenvalue weighted by atomic mass is 9.48. The molecule has 6 N–H and O–H groups in total. The molecule has 2 saturated carbocycles. The summed E-state index contributed by atoms with van der Waals surface area (Å²) in [5, 5.41) is 44.5. The van der Waals surface area contributed by atoms with Gasteiger partial charge in [-0.2, -0.15) is 0 Å². The van der Waals surface area contributed by atoms with Gasteiger partial charge in [-0.3, -0.25) is 28.9 Å². The Balaban J connectivity index is 2.01. The third-order valence-corrected chi connectivity index (χ3v) is 7.40. The van der Waals surface area contributed by atoms with Crippen LogP contribution in [0.15, 0.2) is 18.2 Å². The molecule has 1 aromatic rings. The number of phenolic OH excluding ortho intramolecular Hbond substituents is 1. The Morgan fingerprint density at radius 3 is 2.21 bits per heavy atom. The molecule has 0 heterocycles. The van der Waals surface area contributed by atoms with Crippen LogP contribution < -0.4 is 5.73 Å². The van der Waals surface area contributed by atoms with Crippen molar-refractivity contribution in [2.45, 2.75) is 30.3 Å². The number of hydrogen-bond donors (Lipinski definition) is 5. The predicted molar refractivity (Wildman–Crippen MR) is 109 cm³/mol. The number of phenols is 1. The molecular weight excluding hydrogens is 436 g/mol. The average molecular weight is 460 g/mol. The maximum absolute atomic E-state index is 13.7. The van der Waals surface area contributed by atoms with Gasteiger partial charge in [0.2, 0.25) is 5.91 Å². The third-order valence-electron chi connectivity index (χ3n) is 7.40. The molecule has 11 heteroatoms. The predicted octanol–water partition coefficient (Wildman–Crippen LogP) is -2.50. The monoisotopic (exact) mass is 460 g/mol. The van der Waals surface area contributed by atoms with Crippen LogP contribution in [-0.2, 0) is 24.8 Å². The first-order valence-corrected chi connectivity index (χ1v) is 10.3. The van der Waals surface area contributed by atoms with E-state index in [0.717, 1.165) is 0 Å². The third kappa shape index (κ3) is 2.67. The molecule has 3 aliphatic carbocycles. The summed E-state index contributed by atoms with van der Waals surface area (Å²) in [5.74, 6) is -14.2. The highest BCUT2D eigenvalue weighted by Crippen LogP contribution is 2.55. The summed E-state index contributed by atoms with van der Waals surface area (Å²) in [5.41, 5.74) is -0.350. The van der Waals surface area contributed by atoms with E-state index in [9.17, 15) is 44.4 Å². The van der Waals surface area contributed by atoms with Gasteiger partial charge in [-0.05, 0) is 32.6 Å².